The Morgan fingerprint density at radius 2 is 1.90 bits per heavy atom. The first-order valence-electron chi connectivity index (χ1n) is 7.52. The minimum atomic E-state index is 0.0696. The normalized spacial score (nSPS) is 20.1. The molecule has 0 N–H and O–H groups in total. The Hall–Kier alpha value is -0.450. The number of hydrogen-bond acceptors (Lipinski definition) is 3. The van der Waals surface area contributed by atoms with E-state index in [-0.39, 0.29) is 10.9 Å². The van der Waals surface area contributed by atoms with Crippen LogP contribution >= 0.6 is 27.5 Å². The zero-order valence-corrected chi connectivity index (χ0v) is 14.9. The van der Waals surface area contributed by atoms with E-state index < -0.39 is 0 Å². The number of ether oxygens (including phenoxy) is 3. The Labute approximate surface area is 140 Å². The standard InChI is InChI=1S/C16H22BrClO3/c1-3-19-14-9-11(12(18)10-15(14)20-4-2)16(17)13-7-5-6-8-21-13/h9-10,13,16H,3-8H2,1-2H3. The van der Waals surface area contributed by atoms with Crippen molar-refractivity contribution in [1.82, 2.24) is 0 Å². The molecule has 0 aromatic heterocycles. The van der Waals surface area contributed by atoms with Gasteiger partial charge < -0.3 is 14.2 Å². The maximum atomic E-state index is 6.43. The number of hydrogen-bond donors (Lipinski definition) is 0. The minimum absolute atomic E-state index is 0.0696. The van der Waals surface area contributed by atoms with Crippen molar-refractivity contribution in [2.24, 2.45) is 0 Å². The summed E-state index contributed by atoms with van der Waals surface area (Å²) in [6.07, 6.45) is 3.53. The third-order valence-electron chi connectivity index (χ3n) is 3.50. The molecular weight excluding hydrogens is 356 g/mol. The lowest BCUT2D eigenvalue weighted by Gasteiger charge is -2.28. The summed E-state index contributed by atoms with van der Waals surface area (Å²) in [6.45, 7) is 5.90. The van der Waals surface area contributed by atoms with Gasteiger partial charge in [-0.1, -0.05) is 27.5 Å². The first-order chi connectivity index (χ1) is 10.2. The SMILES string of the molecule is CCOc1cc(Cl)c(C(Br)C2CCCCO2)cc1OCC. The second kappa shape index (κ2) is 8.25. The zero-order valence-electron chi connectivity index (χ0n) is 12.5. The molecule has 2 rings (SSSR count). The highest BCUT2D eigenvalue weighted by Crippen LogP contribution is 2.42. The van der Waals surface area contributed by atoms with E-state index in [4.69, 9.17) is 25.8 Å². The van der Waals surface area contributed by atoms with E-state index in [1.807, 2.05) is 26.0 Å². The highest BCUT2D eigenvalue weighted by Gasteiger charge is 2.26. The first kappa shape index (κ1) is 16.9. The van der Waals surface area contributed by atoms with Gasteiger partial charge in [-0.3, -0.25) is 0 Å². The number of alkyl halides is 1. The van der Waals surface area contributed by atoms with Gasteiger partial charge >= 0.3 is 0 Å². The van der Waals surface area contributed by atoms with E-state index in [9.17, 15) is 0 Å². The van der Waals surface area contributed by atoms with Crippen LogP contribution in [0.2, 0.25) is 5.02 Å². The Balaban J connectivity index is 2.27. The van der Waals surface area contributed by atoms with Crippen LogP contribution in [0.1, 0.15) is 43.5 Å². The smallest absolute Gasteiger partial charge is 0.162 e. The summed E-state index contributed by atoms with van der Waals surface area (Å²) >= 11 is 10.2. The van der Waals surface area contributed by atoms with Crippen LogP contribution in [0, 0.1) is 0 Å². The molecule has 5 heteroatoms. The predicted octanol–water partition coefficient (Wildman–Crippen LogP) is 5.14. The molecule has 21 heavy (non-hydrogen) atoms. The summed E-state index contributed by atoms with van der Waals surface area (Å²) in [7, 11) is 0. The second-order valence-corrected chi connectivity index (χ2v) is 6.39. The van der Waals surface area contributed by atoms with Crippen LogP contribution in [0.25, 0.3) is 0 Å². The van der Waals surface area contributed by atoms with Crippen LogP contribution < -0.4 is 9.47 Å². The fourth-order valence-electron chi connectivity index (χ4n) is 2.50. The van der Waals surface area contributed by atoms with Gasteiger partial charge in [0.15, 0.2) is 11.5 Å². The highest BCUT2D eigenvalue weighted by molar-refractivity contribution is 9.09. The maximum absolute atomic E-state index is 6.43. The van der Waals surface area contributed by atoms with Crippen molar-refractivity contribution in [1.29, 1.82) is 0 Å². The molecule has 3 nitrogen and oxygen atoms in total. The van der Waals surface area contributed by atoms with Crippen LogP contribution in [0.3, 0.4) is 0 Å². The predicted molar refractivity (Wildman–Crippen MR) is 89.0 cm³/mol. The molecule has 1 aromatic rings. The Kier molecular flexibility index (Phi) is 6.65. The number of rotatable bonds is 6. The molecule has 2 atom stereocenters. The topological polar surface area (TPSA) is 27.7 Å². The molecule has 1 aliphatic heterocycles. The molecular formula is C16H22BrClO3. The molecule has 0 saturated carbocycles. The van der Waals surface area contributed by atoms with Crippen molar-refractivity contribution < 1.29 is 14.2 Å². The second-order valence-electron chi connectivity index (χ2n) is 4.99. The quantitative estimate of drug-likeness (QED) is 0.642. The van der Waals surface area contributed by atoms with E-state index in [0.29, 0.717) is 24.0 Å². The summed E-state index contributed by atoms with van der Waals surface area (Å²) in [5, 5.41) is 0.679. The van der Waals surface area contributed by atoms with Gasteiger partial charge in [-0.05, 0) is 44.7 Å². The van der Waals surface area contributed by atoms with Crippen molar-refractivity contribution in [3.8, 4) is 11.5 Å². The van der Waals surface area contributed by atoms with Crippen molar-refractivity contribution >= 4 is 27.5 Å². The van der Waals surface area contributed by atoms with Gasteiger partial charge in [0, 0.05) is 17.7 Å². The molecule has 118 valence electrons. The fourth-order valence-corrected chi connectivity index (χ4v) is 3.69. The fraction of sp³-hybridized carbons (Fsp3) is 0.625. The molecule has 1 fully saturated rings. The Morgan fingerprint density at radius 3 is 2.48 bits per heavy atom. The molecule has 1 aliphatic rings. The molecule has 0 bridgehead atoms. The summed E-state index contributed by atoms with van der Waals surface area (Å²) in [5.74, 6) is 1.43. The lowest BCUT2D eigenvalue weighted by molar-refractivity contribution is 0.0160. The third kappa shape index (κ3) is 4.27. The van der Waals surface area contributed by atoms with E-state index in [2.05, 4.69) is 15.9 Å². The summed E-state index contributed by atoms with van der Waals surface area (Å²) < 4.78 is 17.1. The molecule has 2 unspecified atom stereocenters. The average Bonchev–Trinajstić information content (AvgIpc) is 2.50. The van der Waals surface area contributed by atoms with Gasteiger partial charge in [0.25, 0.3) is 0 Å². The van der Waals surface area contributed by atoms with Crippen molar-refractivity contribution in [3.05, 3.63) is 22.7 Å². The Bertz CT molecular complexity index is 461. The van der Waals surface area contributed by atoms with Gasteiger partial charge in [0.05, 0.1) is 24.1 Å². The zero-order chi connectivity index (χ0) is 15.2. The summed E-state index contributed by atoms with van der Waals surface area (Å²) in [4.78, 5) is 0.0696. The lowest BCUT2D eigenvalue weighted by atomic mass is 10.0. The molecule has 1 saturated heterocycles. The van der Waals surface area contributed by atoms with Crippen molar-refractivity contribution in [3.63, 3.8) is 0 Å². The van der Waals surface area contributed by atoms with E-state index in [0.717, 1.165) is 30.8 Å². The molecule has 0 spiro atoms. The minimum Gasteiger partial charge on any atom is -0.490 e. The van der Waals surface area contributed by atoms with Crippen molar-refractivity contribution in [2.75, 3.05) is 19.8 Å². The van der Waals surface area contributed by atoms with Crippen LogP contribution in [0.15, 0.2) is 12.1 Å². The molecule has 1 aromatic carbocycles. The van der Waals surface area contributed by atoms with E-state index in [1.165, 1.54) is 6.42 Å². The van der Waals surface area contributed by atoms with Crippen LogP contribution in [-0.2, 0) is 4.74 Å². The highest BCUT2D eigenvalue weighted by atomic mass is 79.9. The molecule has 0 amide bonds. The first-order valence-corrected chi connectivity index (χ1v) is 8.81. The molecule has 1 heterocycles. The maximum Gasteiger partial charge on any atom is 0.162 e. The lowest BCUT2D eigenvalue weighted by Crippen LogP contribution is -2.23. The third-order valence-corrected chi connectivity index (χ3v) is 4.91. The largest absolute Gasteiger partial charge is 0.490 e. The summed E-state index contributed by atoms with van der Waals surface area (Å²) in [6, 6.07) is 3.80. The van der Waals surface area contributed by atoms with E-state index in [1.54, 1.807) is 0 Å². The number of halogens is 2. The Morgan fingerprint density at radius 1 is 1.24 bits per heavy atom. The average molecular weight is 378 g/mol. The monoisotopic (exact) mass is 376 g/mol. The van der Waals surface area contributed by atoms with E-state index >= 15 is 0 Å². The van der Waals surface area contributed by atoms with Gasteiger partial charge in [-0.15, -0.1) is 0 Å². The van der Waals surface area contributed by atoms with Gasteiger partial charge in [0.2, 0.25) is 0 Å². The van der Waals surface area contributed by atoms with Crippen LogP contribution in [-0.4, -0.2) is 25.9 Å². The van der Waals surface area contributed by atoms with Crippen molar-refractivity contribution in [2.45, 2.75) is 44.0 Å². The van der Waals surface area contributed by atoms with Crippen LogP contribution in [0.4, 0.5) is 0 Å². The molecule has 0 radical (unpaired) electrons. The summed E-state index contributed by atoms with van der Waals surface area (Å²) in [5.41, 5.74) is 0.996. The molecule has 0 aliphatic carbocycles. The number of benzene rings is 1. The van der Waals surface area contributed by atoms with Gasteiger partial charge in [-0.25, -0.2) is 0 Å². The van der Waals surface area contributed by atoms with Crippen LogP contribution in [0.5, 0.6) is 11.5 Å². The van der Waals surface area contributed by atoms with Gasteiger partial charge in [0.1, 0.15) is 0 Å². The van der Waals surface area contributed by atoms with Gasteiger partial charge in [-0.2, -0.15) is 0 Å².